The maximum atomic E-state index is 9.36. The van der Waals surface area contributed by atoms with Gasteiger partial charge in [-0.3, -0.25) is 0 Å². The summed E-state index contributed by atoms with van der Waals surface area (Å²) in [6.45, 7) is 10.1. The van der Waals surface area contributed by atoms with E-state index < -0.39 is 0 Å². The summed E-state index contributed by atoms with van der Waals surface area (Å²) < 4.78 is 0. The van der Waals surface area contributed by atoms with Gasteiger partial charge in [-0.1, -0.05) is 39.3 Å². The van der Waals surface area contributed by atoms with Crippen molar-refractivity contribution in [3.63, 3.8) is 0 Å². The summed E-state index contributed by atoms with van der Waals surface area (Å²) >= 11 is 6.12. The van der Waals surface area contributed by atoms with Crippen LogP contribution in [-0.2, 0) is 0 Å². The van der Waals surface area contributed by atoms with Crippen molar-refractivity contribution in [2.45, 2.75) is 46.6 Å². The molecule has 2 N–H and O–H groups in total. The highest BCUT2D eigenvalue weighted by atomic mass is 35.5. The van der Waals surface area contributed by atoms with E-state index in [4.69, 9.17) is 11.6 Å². The Labute approximate surface area is 114 Å². The Morgan fingerprint density at radius 2 is 1.83 bits per heavy atom. The molecule has 0 bridgehead atoms. The van der Waals surface area contributed by atoms with Crippen molar-refractivity contribution in [1.29, 1.82) is 0 Å². The molecule has 1 aromatic rings. The molecule has 0 fully saturated rings. The van der Waals surface area contributed by atoms with Crippen molar-refractivity contribution in [3.8, 4) is 0 Å². The van der Waals surface area contributed by atoms with Gasteiger partial charge in [-0.2, -0.15) is 0 Å². The molecule has 0 aliphatic heterocycles. The quantitative estimate of drug-likeness (QED) is 0.809. The molecule has 0 aliphatic rings. The zero-order valence-corrected chi connectivity index (χ0v) is 12.4. The summed E-state index contributed by atoms with van der Waals surface area (Å²) in [5.41, 5.74) is 0.820. The van der Waals surface area contributed by atoms with E-state index in [1.54, 1.807) is 0 Å². The van der Waals surface area contributed by atoms with Crippen molar-refractivity contribution >= 4 is 17.4 Å². The van der Waals surface area contributed by atoms with Gasteiger partial charge in [-0.25, -0.2) is 9.97 Å². The topological polar surface area (TPSA) is 58.0 Å². The predicted octanol–water partition coefficient (Wildman–Crippen LogP) is 2.99. The molecule has 1 aromatic heterocycles. The maximum absolute atomic E-state index is 9.36. The lowest BCUT2D eigenvalue weighted by atomic mass is 10.1. The smallest absolute Gasteiger partial charge is 0.137 e. The van der Waals surface area contributed by atoms with Gasteiger partial charge in [-0.15, -0.1) is 0 Å². The van der Waals surface area contributed by atoms with Crippen molar-refractivity contribution in [1.82, 2.24) is 9.97 Å². The van der Waals surface area contributed by atoms with Crippen LogP contribution in [0.1, 0.15) is 45.0 Å². The first-order valence-electron chi connectivity index (χ1n) is 6.28. The molecule has 102 valence electrons. The van der Waals surface area contributed by atoms with Crippen LogP contribution >= 0.6 is 11.6 Å². The molecule has 0 aliphatic carbocycles. The van der Waals surface area contributed by atoms with Crippen LogP contribution < -0.4 is 5.32 Å². The third-order valence-electron chi connectivity index (χ3n) is 2.94. The lowest BCUT2D eigenvalue weighted by molar-refractivity contribution is 0.249. The van der Waals surface area contributed by atoms with Crippen molar-refractivity contribution < 1.29 is 5.11 Å². The van der Waals surface area contributed by atoms with Crippen LogP contribution in [0.5, 0.6) is 0 Å². The Hall–Kier alpha value is -0.870. The third-order valence-corrected chi connectivity index (χ3v) is 3.31. The Balaban J connectivity index is 3.07. The van der Waals surface area contributed by atoms with Gasteiger partial charge < -0.3 is 10.4 Å². The molecular formula is C13H22ClN3O. The van der Waals surface area contributed by atoms with Gasteiger partial charge in [0.15, 0.2) is 0 Å². The van der Waals surface area contributed by atoms with Crippen LogP contribution in [0.4, 0.5) is 5.82 Å². The van der Waals surface area contributed by atoms with Crippen LogP contribution in [0.15, 0.2) is 0 Å². The van der Waals surface area contributed by atoms with Gasteiger partial charge in [0.05, 0.1) is 12.6 Å². The zero-order chi connectivity index (χ0) is 13.9. The monoisotopic (exact) mass is 271 g/mol. The molecule has 0 saturated heterocycles. The van der Waals surface area contributed by atoms with Gasteiger partial charge in [0.2, 0.25) is 0 Å². The van der Waals surface area contributed by atoms with Crippen LogP contribution in [-0.4, -0.2) is 27.7 Å². The molecular weight excluding hydrogens is 250 g/mol. The molecule has 0 amide bonds. The van der Waals surface area contributed by atoms with Gasteiger partial charge in [0.25, 0.3) is 0 Å². The standard InChI is InChI=1S/C13H22ClN3O/c1-7(2)10(6-18)15-13-9(5)11(14)16-12(17-13)8(3)4/h7-8,10,18H,6H2,1-5H3,(H,15,16,17). The fraction of sp³-hybridized carbons (Fsp3) is 0.692. The number of aromatic nitrogens is 2. The number of rotatable bonds is 5. The largest absolute Gasteiger partial charge is 0.394 e. The van der Waals surface area contributed by atoms with Crippen LogP contribution in [0.2, 0.25) is 5.15 Å². The number of aliphatic hydroxyl groups is 1. The Morgan fingerprint density at radius 1 is 1.22 bits per heavy atom. The molecule has 5 heteroatoms. The summed E-state index contributed by atoms with van der Waals surface area (Å²) in [6.07, 6.45) is 0. The Morgan fingerprint density at radius 3 is 2.28 bits per heavy atom. The van der Waals surface area contributed by atoms with E-state index in [0.717, 1.165) is 5.56 Å². The van der Waals surface area contributed by atoms with Crippen LogP contribution in [0, 0.1) is 12.8 Å². The molecule has 0 radical (unpaired) electrons. The number of aliphatic hydroxyl groups excluding tert-OH is 1. The number of halogens is 1. The van der Waals surface area contributed by atoms with Crippen LogP contribution in [0.25, 0.3) is 0 Å². The summed E-state index contributed by atoms with van der Waals surface area (Å²) in [7, 11) is 0. The first kappa shape index (κ1) is 15.2. The fourth-order valence-electron chi connectivity index (χ4n) is 1.50. The summed E-state index contributed by atoms with van der Waals surface area (Å²) in [5.74, 6) is 1.96. The molecule has 0 saturated carbocycles. The number of hydrogen-bond donors (Lipinski definition) is 2. The highest BCUT2D eigenvalue weighted by Gasteiger charge is 2.17. The highest BCUT2D eigenvalue weighted by Crippen LogP contribution is 2.24. The normalized spacial score (nSPS) is 13.2. The van der Waals surface area contributed by atoms with Crippen molar-refractivity contribution in [2.24, 2.45) is 5.92 Å². The van der Waals surface area contributed by atoms with Crippen molar-refractivity contribution in [2.75, 3.05) is 11.9 Å². The average Bonchev–Trinajstić information content (AvgIpc) is 2.30. The summed E-state index contributed by atoms with van der Waals surface area (Å²) in [6, 6.07) is -0.0327. The fourth-order valence-corrected chi connectivity index (χ4v) is 1.68. The van der Waals surface area contributed by atoms with Gasteiger partial charge >= 0.3 is 0 Å². The molecule has 0 spiro atoms. The Bertz CT molecular complexity index is 407. The van der Waals surface area contributed by atoms with E-state index in [1.807, 2.05) is 20.8 Å². The molecule has 18 heavy (non-hydrogen) atoms. The second-order valence-corrected chi connectivity index (χ2v) is 5.54. The van der Waals surface area contributed by atoms with E-state index in [9.17, 15) is 5.11 Å². The predicted molar refractivity (Wildman–Crippen MR) is 75.2 cm³/mol. The van der Waals surface area contributed by atoms with Gasteiger partial charge in [0, 0.05) is 11.5 Å². The van der Waals surface area contributed by atoms with E-state index in [2.05, 4.69) is 29.1 Å². The third kappa shape index (κ3) is 3.56. The van der Waals surface area contributed by atoms with Gasteiger partial charge in [-0.05, 0) is 12.8 Å². The summed E-state index contributed by atoms with van der Waals surface area (Å²) in [5, 5.41) is 13.1. The lowest BCUT2D eigenvalue weighted by Gasteiger charge is -2.22. The number of nitrogens with zero attached hydrogens (tertiary/aromatic N) is 2. The second-order valence-electron chi connectivity index (χ2n) is 5.18. The number of nitrogens with one attached hydrogen (secondary N) is 1. The first-order valence-corrected chi connectivity index (χ1v) is 6.66. The molecule has 1 heterocycles. The van der Waals surface area contributed by atoms with E-state index >= 15 is 0 Å². The van der Waals surface area contributed by atoms with Crippen LogP contribution in [0.3, 0.4) is 0 Å². The van der Waals surface area contributed by atoms with Crippen molar-refractivity contribution in [3.05, 3.63) is 16.5 Å². The number of hydrogen-bond acceptors (Lipinski definition) is 4. The maximum Gasteiger partial charge on any atom is 0.137 e. The summed E-state index contributed by atoms with van der Waals surface area (Å²) in [4.78, 5) is 8.75. The average molecular weight is 272 g/mol. The SMILES string of the molecule is Cc1c(Cl)nc(C(C)C)nc1NC(CO)C(C)C. The molecule has 4 nitrogen and oxygen atoms in total. The lowest BCUT2D eigenvalue weighted by Crippen LogP contribution is -2.30. The minimum absolute atomic E-state index is 0.0327. The van der Waals surface area contributed by atoms with Gasteiger partial charge in [0.1, 0.15) is 16.8 Å². The molecule has 1 unspecified atom stereocenters. The minimum atomic E-state index is -0.0327. The molecule has 0 aromatic carbocycles. The Kier molecular flexibility index (Phi) is 5.35. The first-order chi connectivity index (χ1) is 8.36. The zero-order valence-electron chi connectivity index (χ0n) is 11.7. The number of anilines is 1. The van der Waals surface area contributed by atoms with E-state index in [-0.39, 0.29) is 18.6 Å². The molecule has 1 atom stereocenters. The highest BCUT2D eigenvalue weighted by molar-refractivity contribution is 6.30. The van der Waals surface area contributed by atoms with E-state index in [1.165, 1.54) is 0 Å². The molecule has 1 rings (SSSR count). The second kappa shape index (κ2) is 6.34. The minimum Gasteiger partial charge on any atom is -0.394 e. The van der Waals surface area contributed by atoms with E-state index in [0.29, 0.717) is 22.7 Å².